The van der Waals surface area contributed by atoms with Gasteiger partial charge in [0, 0.05) is 25.9 Å². The van der Waals surface area contributed by atoms with Crippen molar-refractivity contribution < 1.29 is 19.1 Å². The van der Waals surface area contributed by atoms with Gasteiger partial charge in [0.1, 0.15) is 12.2 Å². The molecule has 2 heterocycles. The number of anilines is 1. The van der Waals surface area contributed by atoms with Crippen LogP contribution in [0.15, 0.2) is 49.1 Å². The number of hydrogen-bond acceptors (Lipinski definition) is 6. The molecular weight excluding hydrogens is 424 g/mol. The molecule has 0 aliphatic carbocycles. The van der Waals surface area contributed by atoms with Crippen LogP contribution in [0.25, 0.3) is 22.3 Å². The maximum Gasteiger partial charge on any atom is 0.360 e. The van der Waals surface area contributed by atoms with Crippen molar-refractivity contribution in [3.63, 3.8) is 0 Å². The Bertz CT molecular complexity index is 1150. The van der Waals surface area contributed by atoms with Crippen LogP contribution in [-0.4, -0.2) is 48.4 Å². The molecule has 2 aromatic heterocycles. The minimum absolute atomic E-state index is 0.134. The van der Waals surface area contributed by atoms with E-state index in [4.69, 9.17) is 9.47 Å². The molecular formula is C23H28N4O4Si. The smallest absolute Gasteiger partial charge is 0.360 e. The average Bonchev–Trinajstić information content (AvgIpc) is 3.13. The van der Waals surface area contributed by atoms with E-state index < -0.39 is 14.0 Å². The van der Waals surface area contributed by atoms with Crippen LogP contribution in [0.5, 0.6) is 0 Å². The standard InChI is InChI=1S/C23H28N4O4Si/c1-6-20(28)24-17-9-7-8-16(14-17)18-10-11-19-21(25-18)22(23(29)30-2)26-27(19)15-31-12-13-32(3,4)5/h6-11,14H,1,12-13,15H2,2-5H3,(H,24,28). The molecule has 0 unspecified atom stereocenters. The van der Waals surface area contributed by atoms with E-state index in [1.54, 1.807) is 16.8 Å². The molecule has 0 aliphatic rings. The Morgan fingerprint density at radius 3 is 2.69 bits per heavy atom. The SMILES string of the molecule is C=CC(=O)Nc1cccc(-c2ccc3c(n2)c(C(=O)OC)nn3COCC[Si](C)(C)C)c1. The van der Waals surface area contributed by atoms with Crippen molar-refractivity contribution in [2.75, 3.05) is 19.0 Å². The summed E-state index contributed by atoms with van der Waals surface area (Å²) in [5.41, 5.74) is 3.28. The van der Waals surface area contributed by atoms with Gasteiger partial charge < -0.3 is 14.8 Å². The number of nitrogens with zero attached hydrogens (tertiary/aromatic N) is 3. The Balaban J connectivity index is 1.93. The number of ether oxygens (including phenoxy) is 2. The van der Waals surface area contributed by atoms with Crippen molar-refractivity contribution in [1.82, 2.24) is 14.8 Å². The summed E-state index contributed by atoms with van der Waals surface area (Å²) >= 11 is 0. The molecule has 0 saturated heterocycles. The van der Waals surface area contributed by atoms with Crippen LogP contribution in [0.2, 0.25) is 25.7 Å². The number of fused-ring (bicyclic) bond motifs is 1. The van der Waals surface area contributed by atoms with E-state index in [-0.39, 0.29) is 18.3 Å². The van der Waals surface area contributed by atoms with Crippen LogP contribution in [0.3, 0.4) is 0 Å². The predicted molar refractivity (Wildman–Crippen MR) is 127 cm³/mol. The van der Waals surface area contributed by atoms with Crippen LogP contribution >= 0.6 is 0 Å². The zero-order valence-corrected chi connectivity index (χ0v) is 19.8. The molecule has 0 aliphatic heterocycles. The highest BCUT2D eigenvalue weighted by molar-refractivity contribution is 6.76. The van der Waals surface area contributed by atoms with Gasteiger partial charge in [-0.2, -0.15) is 5.10 Å². The van der Waals surface area contributed by atoms with Gasteiger partial charge in [-0.25, -0.2) is 14.5 Å². The summed E-state index contributed by atoms with van der Waals surface area (Å²) in [5.74, 6) is -0.860. The molecule has 0 bridgehead atoms. The molecule has 0 spiro atoms. The van der Waals surface area contributed by atoms with Crippen molar-refractivity contribution in [3.05, 3.63) is 54.7 Å². The summed E-state index contributed by atoms with van der Waals surface area (Å²) in [7, 11) is 0.110. The van der Waals surface area contributed by atoms with Crippen LogP contribution in [0.4, 0.5) is 5.69 Å². The number of benzene rings is 1. The van der Waals surface area contributed by atoms with Crippen LogP contribution in [0, 0.1) is 0 Å². The Labute approximate surface area is 188 Å². The fourth-order valence-electron chi connectivity index (χ4n) is 3.03. The summed E-state index contributed by atoms with van der Waals surface area (Å²) in [5, 5.41) is 7.13. The average molecular weight is 453 g/mol. The largest absolute Gasteiger partial charge is 0.464 e. The van der Waals surface area contributed by atoms with Crippen LogP contribution in [-0.2, 0) is 21.0 Å². The van der Waals surface area contributed by atoms with Gasteiger partial charge in [0.15, 0.2) is 5.69 Å². The lowest BCUT2D eigenvalue weighted by Gasteiger charge is -2.15. The number of carbonyl (C=O) groups excluding carboxylic acids is 2. The first kappa shape index (κ1) is 23.4. The monoisotopic (exact) mass is 452 g/mol. The van der Waals surface area contributed by atoms with Crippen molar-refractivity contribution in [2.45, 2.75) is 32.4 Å². The number of amides is 1. The van der Waals surface area contributed by atoms with Crippen molar-refractivity contribution in [1.29, 1.82) is 0 Å². The summed E-state index contributed by atoms with van der Waals surface area (Å²) in [4.78, 5) is 28.6. The van der Waals surface area contributed by atoms with E-state index in [0.29, 0.717) is 29.0 Å². The van der Waals surface area contributed by atoms with Gasteiger partial charge in [0.05, 0.1) is 18.3 Å². The molecule has 9 heteroatoms. The number of aromatic nitrogens is 3. The van der Waals surface area contributed by atoms with Gasteiger partial charge in [-0.05, 0) is 36.4 Å². The van der Waals surface area contributed by atoms with Gasteiger partial charge in [0.25, 0.3) is 0 Å². The Morgan fingerprint density at radius 2 is 2.00 bits per heavy atom. The highest BCUT2D eigenvalue weighted by atomic mass is 28.3. The molecule has 0 fully saturated rings. The van der Waals surface area contributed by atoms with Crippen molar-refractivity contribution in [2.24, 2.45) is 0 Å². The number of rotatable bonds is 9. The Morgan fingerprint density at radius 1 is 1.22 bits per heavy atom. The predicted octanol–water partition coefficient (Wildman–Crippen LogP) is 4.32. The Kier molecular flexibility index (Phi) is 7.21. The maximum atomic E-state index is 12.3. The van der Waals surface area contributed by atoms with Gasteiger partial charge in [0.2, 0.25) is 5.91 Å². The Hall–Kier alpha value is -3.30. The first-order valence-corrected chi connectivity index (χ1v) is 14.0. The molecule has 1 amide bonds. The second kappa shape index (κ2) is 9.88. The summed E-state index contributed by atoms with van der Waals surface area (Å²) < 4.78 is 12.3. The molecule has 3 aromatic rings. The second-order valence-corrected chi connectivity index (χ2v) is 14.1. The molecule has 32 heavy (non-hydrogen) atoms. The fraction of sp³-hybridized carbons (Fsp3) is 0.304. The molecule has 168 valence electrons. The lowest BCUT2D eigenvalue weighted by atomic mass is 10.1. The molecule has 0 atom stereocenters. The summed E-state index contributed by atoms with van der Waals surface area (Å²) in [6.45, 7) is 11.2. The third-order valence-electron chi connectivity index (χ3n) is 4.80. The fourth-order valence-corrected chi connectivity index (χ4v) is 3.79. The van der Waals surface area contributed by atoms with E-state index in [0.717, 1.165) is 11.6 Å². The summed E-state index contributed by atoms with van der Waals surface area (Å²) in [6.07, 6.45) is 1.21. The molecule has 1 aromatic carbocycles. The molecule has 8 nitrogen and oxygen atoms in total. The third-order valence-corrected chi connectivity index (χ3v) is 6.50. The molecule has 3 rings (SSSR count). The van der Waals surface area contributed by atoms with Gasteiger partial charge in [-0.15, -0.1) is 0 Å². The maximum absolute atomic E-state index is 12.3. The zero-order valence-electron chi connectivity index (χ0n) is 18.8. The number of methoxy groups -OCH3 is 1. The van der Waals surface area contributed by atoms with E-state index >= 15 is 0 Å². The van der Waals surface area contributed by atoms with Crippen molar-refractivity contribution >= 4 is 36.7 Å². The number of hydrogen-bond donors (Lipinski definition) is 1. The first-order valence-electron chi connectivity index (χ1n) is 10.3. The lowest BCUT2D eigenvalue weighted by Crippen LogP contribution is -2.22. The molecule has 0 radical (unpaired) electrons. The number of esters is 1. The van der Waals surface area contributed by atoms with E-state index in [9.17, 15) is 9.59 Å². The van der Waals surface area contributed by atoms with Crippen LogP contribution < -0.4 is 5.32 Å². The highest BCUT2D eigenvalue weighted by Gasteiger charge is 2.20. The van der Waals surface area contributed by atoms with E-state index in [1.165, 1.54) is 13.2 Å². The van der Waals surface area contributed by atoms with E-state index in [1.807, 2.05) is 24.3 Å². The normalized spacial score (nSPS) is 11.4. The zero-order chi connectivity index (χ0) is 23.3. The quantitative estimate of drug-likeness (QED) is 0.225. The lowest BCUT2D eigenvalue weighted by molar-refractivity contribution is -0.111. The minimum atomic E-state index is -1.20. The molecule has 0 saturated carbocycles. The van der Waals surface area contributed by atoms with E-state index in [2.05, 4.69) is 41.6 Å². The number of nitrogens with one attached hydrogen (secondary N) is 1. The van der Waals surface area contributed by atoms with Crippen molar-refractivity contribution in [3.8, 4) is 11.3 Å². The van der Waals surface area contributed by atoms with Gasteiger partial charge >= 0.3 is 5.97 Å². The molecule has 1 N–H and O–H groups in total. The number of carbonyl (C=O) groups is 2. The summed E-state index contributed by atoms with van der Waals surface area (Å²) in [6, 6.07) is 12.0. The third kappa shape index (κ3) is 5.68. The second-order valence-electron chi connectivity index (χ2n) is 8.53. The first-order chi connectivity index (χ1) is 15.2. The van der Waals surface area contributed by atoms with Gasteiger partial charge in [-0.1, -0.05) is 38.4 Å². The van der Waals surface area contributed by atoms with Gasteiger partial charge in [-0.3, -0.25) is 4.79 Å². The highest BCUT2D eigenvalue weighted by Crippen LogP contribution is 2.26. The number of pyridine rings is 1. The minimum Gasteiger partial charge on any atom is -0.464 e. The topological polar surface area (TPSA) is 95.3 Å². The van der Waals surface area contributed by atoms with Crippen LogP contribution in [0.1, 0.15) is 10.5 Å².